The highest BCUT2D eigenvalue weighted by Gasteiger charge is 2.19. The van der Waals surface area contributed by atoms with Gasteiger partial charge in [-0.2, -0.15) is 0 Å². The maximum absolute atomic E-state index is 13.6. The van der Waals surface area contributed by atoms with Gasteiger partial charge in [-0.1, -0.05) is 29.3 Å². The largest absolute Gasteiger partial charge is 0.323 e. The molecule has 0 aliphatic rings. The van der Waals surface area contributed by atoms with Crippen molar-refractivity contribution >= 4 is 23.2 Å². The van der Waals surface area contributed by atoms with Crippen molar-refractivity contribution in [3.8, 4) is 0 Å². The van der Waals surface area contributed by atoms with Gasteiger partial charge in [0.15, 0.2) is 0 Å². The summed E-state index contributed by atoms with van der Waals surface area (Å²) in [6, 6.07) is 4.97. The summed E-state index contributed by atoms with van der Waals surface area (Å²) in [7, 11) is 0. The molecule has 20 heavy (non-hydrogen) atoms. The minimum atomic E-state index is -1.01. The van der Waals surface area contributed by atoms with Crippen LogP contribution < -0.4 is 5.73 Å². The molecule has 1 nitrogen and oxygen atoms in total. The number of rotatable bonds is 3. The van der Waals surface area contributed by atoms with Crippen molar-refractivity contribution in [2.24, 2.45) is 5.73 Å². The average molecular weight is 320 g/mol. The van der Waals surface area contributed by atoms with E-state index in [4.69, 9.17) is 28.9 Å². The summed E-state index contributed by atoms with van der Waals surface area (Å²) in [5, 5.41) is 0.808. The Balaban J connectivity index is 2.31. The Hall–Kier alpha value is -1.23. The van der Waals surface area contributed by atoms with E-state index in [0.29, 0.717) is 27.7 Å². The van der Waals surface area contributed by atoms with Gasteiger partial charge in [-0.15, -0.1) is 0 Å². The van der Waals surface area contributed by atoms with Gasteiger partial charge in [0.25, 0.3) is 0 Å². The number of hydrogen-bond acceptors (Lipinski definition) is 1. The van der Waals surface area contributed by atoms with Crippen molar-refractivity contribution in [1.82, 2.24) is 0 Å². The molecule has 6 heteroatoms. The van der Waals surface area contributed by atoms with Crippen LogP contribution in [0.3, 0.4) is 0 Å². The van der Waals surface area contributed by atoms with Gasteiger partial charge in [0.2, 0.25) is 0 Å². The van der Waals surface area contributed by atoms with Crippen LogP contribution in [0.2, 0.25) is 10.0 Å². The number of benzene rings is 2. The van der Waals surface area contributed by atoms with E-state index in [2.05, 4.69) is 0 Å². The first-order valence-corrected chi connectivity index (χ1v) is 6.48. The topological polar surface area (TPSA) is 26.0 Å². The lowest BCUT2D eigenvalue weighted by molar-refractivity contribution is 0.501. The molecule has 0 aromatic heterocycles. The van der Waals surface area contributed by atoms with Crippen molar-refractivity contribution < 1.29 is 13.2 Å². The van der Waals surface area contributed by atoms with E-state index < -0.39 is 23.5 Å². The molecule has 0 radical (unpaired) electrons. The Morgan fingerprint density at radius 1 is 1.00 bits per heavy atom. The molecule has 2 aromatic carbocycles. The highest BCUT2D eigenvalue weighted by Crippen LogP contribution is 2.27. The third-order valence-corrected chi connectivity index (χ3v) is 3.46. The molecule has 0 aliphatic carbocycles. The lowest BCUT2D eigenvalue weighted by Gasteiger charge is -2.15. The normalized spacial score (nSPS) is 12.5. The van der Waals surface area contributed by atoms with Crippen LogP contribution in [-0.4, -0.2) is 0 Å². The fourth-order valence-electron chi connectivity index (χ4n) is 1.93. The second-order valence-electron chi connectivity index (χ2n) is 4.33. The monoisotopic (exact) mass is 319 g/mol. The summed E-state index contributed by atoms with van der Waals surface area (Å²) in [5.41, 5.74) is 6.03. The zero-order valence-electron chi connectivity index (χ0n) is 10.1. The predicted molar refractivity (Wildman–Crippen MR) is 73.4 cm³/mol. The summed E-state index contributed by atoms with van der Waals surface area (Å²) in [6.45, 7) is 0. The van der Waals surface area contributed by atoms with Crippen LogP contribution in [0.5, 0.6) is 0 Å². The van der Waals surface area contributed by atoms with Crippen molar-refractivity contribution in [2.45, 2.75) is 12.5 Å². The Bertz CT molecular complexity index is 623. The molecule has 2 aromatic rings. The Kier molecular flexibility index (Phi) is 4.58. The maximum atomic E-state index is 13.6. The number of nitrogens with two attached hydrogens (primary N) is 1. The lowest BCUT2D eigenvalue weighted by atomic mass is 9.98. The Labute approximate surface area is 124 Å². The molecule has 0 heterocycles. The van der Waals surface area contributed by atoms with Crippen LogP contribution in [0, 0.1) is 17.5 Å². The average Bonchev–Trinajstić information content (AvgIpc) is 2.31. The van der Waals surface area contributed by atoms with Gasteiger partial charge in [-0.05, 0) is 24.1 Å². The van der Waals surface area contributed by atoms with E-state index in [1.54, 1.807) is 12.1 Å². The molecule has 106 valence electrons. The third kappa shape index (κ3) is 3.26. The zero-order chi connectivity index (χ0) is 14.9. The molecule has 2 N–H and O–H groups in total. The fourth-order valence-corrected chi connectivity index (χ4v) is 2.42. The molecule has 2 rings (SSSR count). The summed E-state index contributed by atoms with van der Waals surface area (Å²) >= 11 is 11.7. The highest BCUT2D eigenvalue weighted by atomic mass is 35.5. The van der Waals surface area contributed by atoms with Crippen molar-refractivity contribution in [2.75, 3.05) is 0 Å². The van der Waals surface area contributed by atoms with Gasteiger partial charge in [0.05, 0.1) is 0 Å². The van der Waals surface area contributed by atoms with Gasteiger partial charge in [0.1, 0.15) is 17.5 Å². The van der Waals surface area contributed by atoms with Gasteiger partial charge in [-0.25, -0.2) is 13.2 Å². The molecular formula is C14H10Cl2F3N. The standard InChI is InChI=1S/C14H10Cl2F3N/c15-8-2-1-7(10(16)4-8)3-13(20)14-11(18)5-9(17)6-12(14)19/h1-2,4-6,13H,3,20H2. The molecule has 0 spiro atoms. The van der Waals surface area contributed by atoms with E-state index in [0.717, 1.165) is 0 Å². The Morgan fingerprint density at radius 2 is 1.60 bits per heavy atom. The van der Waals surface area contributed by atoms with E-state index >= 15 is 0 Å². The Morgan fingerprint density at radius 3 is 2.15 bits per heavy atom. The second-order valence-corrected chi connectivity index (χ2v) is 5.17. The molecule has 0 saturated carbocycles. The summed E-state index contributed by atoms with van der Waals surface area (Å²) in [5.74, 6) is -3.01. The molecule has 0 saturated heterocycles. The first kappa shape index (κ1) is 15.2. The smallest absolute Gasteiger partial charge is 0.133 e. The first-order valence-electron chi connectivity index (χ1n) is 5.72. The zero-order valence-corrected chi connectivity index (χ0v) is 11.7. The molecule has 0 amide bonds. The lowest BCUT2D eigenvalue weighted by Crippen LogP contribution is -2.17. The van der Waals surface area contributed by atoms with Gasteiger partial charge < -0.3 is 5.73 Å². The summed E-state index contributed by atoms with van der Waals surface area (Å²) in [4.78, 5) is 0. The van der Waals surface area contributed by atoms with Crippen LogP contribution in [0.25, 0.3) is 0 Å². The number of hydrogen-bond donors (Lipinski definition) is 1. The van der Waals surface area contributed by atoms with Crippen LogP contribution in [0.15, 0.2) is 30.3 Å². The van der Waals surface area contributed by atoms with Crippen molar-refractivity contribution in [3.05, 3.63) is 69.0 Å². The first-order chi connectivity index (χ1) is 9.38. The van der Waals surface area contributed by atoms with Crippen molar-refractivity contribution in [1.29, 1.82) is 0 Å². The van der Waals surface area contributed by atoms with E-state index in [9.17, 15) is 13.2 Å². The minimum Gasteiger partial charge on any atom is -0.323 e. The van der Waals surface area contributed by atoms with Crippen LogP contribution >= 0.6 is 23.2 Å². The van der Waals surface area contributed by atoms with E-state index in [1.165, 1.54) is 6.07 Å². The van der Waals surface area contributed by atoms with Crippen molar-refractivity contribution in [3.63, 3.8) is 0 Å². The highest BCUT2D eigenvalue weighted by molar-refractivity contribution is 6.35. The SMILES string of the molecule is NC(Cc1ccc(Cl)cc1Cl)c1c(F)cc(F)cc1F. The summed E-state index contributed by atoms with van der Waals surface area (Å²) < 4.78 is 40.1. The molecular weight excluding hydrogens is 310 g/mol. The predicted octanol–water partition coefficient (Wildman–Crippen LogP) is 4.65. The van der Waals surface area contributed by atoms with Gasteiger partial charge in [-0.3, -0.25) is 0 Å². The van der Waals surface area contributed by atoms with Crippen LogP contribution in [0.4, 0.5) is 13.2 Å². The van der Waals surface area contributed by atoms with Gasteiger partial charge in [0, 0.05) is 33.8 Å². The summed E-state index contributed by atoms with van der Waals surface area (Å²) in [6.07, 6.45) is 0.107. The minimum absolute atomic E-state index is 0.107. The van der Waals surface area contributed by atoms with Crippen LogP contribution in [0.1, 0.15) is 17.2 Å². The molecule has 0 bridgehead atoms. The quantitative estimate of drug-likeness (QED) is 0.875. The van der Waals surface area contributed by atoms with E-state index in [-0.39, 0.29) is 12.0 Å². The fraction of sp³-hybridized carbons (Fsp3) is 0.143. The molecule has 0 fully saturated rings. The maximum Gasteiger partial charge on any atom is 0.133 e. The second kappa shape index (κ2) is 6.04. The van der Waals surface area contributed by atoms with Crippen LogP contribution in [-0.2, 0) is 6.42 Å². The molecule has 1 atom stereocenters. The van der Waals surface area contributed by atoms with E-state index in [1.807, 2.05) is 0 Å². The molecule has 1 unspecified atom stereocenters. The van der Waals surface area contributed by atoms with Gasteiger partial charge >= 0.3 is 0 Å². The molecule has 0 aliphatic heterocycles. The number of halogens is 5. The third-order valence-electron chi connectivity index (χ3n) is 2.87.